The van der Waals surface area contributed by atoms with E-state index in [0.29, 0.717) is 6.42 Å². The van der Waals surface area contributed by atoms with Crippen molar-refractivity contribution < 1.29 is 14.3 Å². The second-order valence-corrected chi connectivity index (χ2v) is 8.46. The predicted molar refractivity (Wildman–Crippen MR) is 130 cm³/mol. The molecule has 168 valence electrons. The lowest BCUT2D eigenvalue weighted by Crippen LogP contribution is -2.28. The first-order chi connectivity index (χ1) is 16.1. The lowest BCUT2D eigenvalue weighted by Gasteiger charge is -2.20. The van der Waals surface area contributed by atoms with Crippen molar-refractivity contribution in [3.8, 4) is 11.5 Å². The number of carbonyl (C=O) groups is 1. The van der Waals surface area contributed by atoms with E-state index in [1.165, 1.54) is 10.9 Å². The Kier molecular flexibility index (Phi) is 5.78. The van der Waals surface area contributed by atoms with Crippen molar-refractivity contribution in [2.75, 3.05) is 6.79 Å². The number of hydrogen-bond donors (Lipinski definition) is 1. The molecule has 1 amide bonds. The van der Waals surface area contributed by atoms with Crippen molar-refractivity contribution in [2.45, 2.75) is 38.8 Å². The Labute approximate surface area is 193 Å². The Balaban J connectivity index is 1.51. The van der Waals surface area contributed by atoms with Crippen LogP contribution >= 0.6 is 0 Å². The molecule has 5 rings (SSSR count). The van der Waals surface area contributed by atoms with Crippen molar-refractivity contribution in [3.63, 3.8) is 0 Å². The molecule has 3 aromatic carbocycles. The van der Waals surface area contributed by atoms with E-state index in [1.54, 1.807) is 0 Å². The minimum Gasteiger partial charge on any atom is -0.454 e. The number of fused-ring (bicyclic) bond motifs is 2. The molecular weight excluding hydrogens is 412 g/mol. The third-order valence-electron chi connectivity index (χ3n) is 6.40. The van der Waals surface area contributed by atoms with Crippen LogP contribution in [0.25, 0.3) is 10.9 Å². The second kappa shape index (κ2) is 9.02. The summed E-state index contributed by atoms with van der Waals surface area (Å²) in [6, 6.07) is 24.4. The molecule has 0 saturated carbocycles. The number of hydrogen-bond acceptors (Lipinski definition) is 3. The molecule has 5 heteroatoms. The molecule has 0 radical (unpaired) electrons. The van der Waals surface area contributed by atoms with Crippen molar-refractivity contribution in [3.05, 3.63) is 95.7 Å². The summed E-state index contributed by atoms with van der Waals surface area (Å²) in [6.07, 6.45) is 2.53. The van der Waals surface area contributed by atoms with E-state index in [4.69, 9.17) is 9.47 Å². The Hall–Kier alpha value is -3.73. The van der Waals surface area contributed by atoms with Crippen LogP contribution in [0.15, 0.2) is 79.0 Å². The van der Waals surface area contributed by atoms with E-state index < -0.39 is 0 Å². The number of nitrogens with one attached hydrogen (secondary N) is 1. The van der Waals surface area contributed by atoms with E-state index in [2.05, 4.69) is 47.3 Å². The van der Waals surface area contributed by atoms with Gasteiger partial charge in [-0.05, 0) is 48.7 Å². The molecule has 4 aromatic rings. The van der Waals surface area contributed by atoms with Crippen molar-refractivity contribution in [1.29, 1.82) is 0 Å². The SMILES string of the molecule is CCn1cc(C(CC(=O)NC(C)c2ccccc2)c2ccc3c(c2)OCO3)c2ccccc21. The van der Waals surface area contributed by atoms with Gasteiger partial charge in [-0.15, -0.1) is 0 Å². The average molecular weight is 441 g/mol. The Morgan fingerprint density at radius 3 is 2.55 bits per heavy atom. The smallest absolute Gasteiger partial charge is 0.231 e. The lowest BCUT2D eigenvalue weighted by molar-refractivity contribution is -0.121. The summed E-state index contributed by atoms with van der Waals surface area (Å²) in [6.45, 7) is 5.26. The van der Waals surface area contributed by atoms with Gasteiger partial charge in [-0.2, -0.15) is 0 Å². The van der Waals surface area contributed by atoms with Gasteiger partial charge < -0.3 is 19.4 Å². The van der Waals surface area contributed by atoms with Crippen LogP contribution < -0.4 is 14.8 Å². The molecule has 1 aromatic heterocycles. The summed E-state index contributed by atoms with van der Waals surface area (Å²) < 4.78 is 13.4. The molecule has 1 aliphatic rings. The molecule has 2 unspecified atom stereocenters. The summed E-state index contributed by atoms with van der Waals surface area (Å²) in [5.41, 5.74) is 4.46. The molecule has 2 heterocycles. The third kappa shape index (κ3) is 4.19. The van der Waals surface area contributed by atoms with Gasteiger partial charge in [0.05, 0.1) is 6.04 Å². The summed E-state index contributed by atoms with van der Waals surface area (Å²) in [5, 5.41) is 4.36. The summed E-state index contributed by atoms with van der Waals surface area (Å²) in [7, 11) is 0. The number of benzene rings is 3. The molecule has 5 nitrogen and oxygen atoms in total. The number of aryl methyl sites for hydroxylation is 1. The standard InChI is InChI=1S/C28H28N2O3/c1-3-30-17-24(22-11-7-8-12-25(22)30)23(21-13-14-26-27(15-21)33-18-32-26)16-28(31)29-19(2)20-9-5-4-6-10-20/h4-15,17,19,23H,3,16,18H2,1-2H3,(H,29,31). The number of amides is 1. The van der Waals surface area contributed by atoms with E-state index in [9.17, 15) is 4.79 Å². The molecule has 0 aliphatic carbocycles. The lowest BCUT2D eigenvalue weighted by atomic mass is 9.87. The van der Waals surface area contributed by atoms with Crippen LogP contribution in [0.1, 0.15) is 48.9 Å². The highest BCUT2D eigenvalue weighted by Crippen LogP contribution is 2.40. The molecule has 1 N–H and O–H groups in total. The van der Waals surface area contributed by atoms with E-state index in [-0.39, 0.29) is 24.7 Å². The third-order valence-corrected chi connectivity index (χ3v) is 6.40. The number of nitrogens with zero attached hydrogens (tertiary/aromatic N) is 1. The number of carbonyl (C=O) groups excluding carboxylic acids is 1. The van der Waals surface area contributed by atoms with Gasteiger partial charge in [0.2, 0.25) is 12.7 Å². The van der Waals surface area contributed by atoms with Gasteiger partial charge in [-0.25, -0.2) is 0 Å². The molecule has 1 aliphatic heterocycles. The minimum atomic E-state index is -0.111. The maximum absolute atomic E-state index is 13.3. The molecule has 2 atom stereocenters. The maximum atomic E-state index is 13.3. The average Bonchev–Trinajstić information content (AvgIpc) is 3.47. The highest BCUT2D eigenvalue weighted by atomic mass is 16.7. The predicted octanol–water partition coefficient (Wildman–Crippen LogP) is 5.79. The Morgan fingerprint density at radius 1 is 0.970 bits per heavy atom. The fourth-order valence-corrected chi connectivity index (χ4v) is 4.66. The van der Waals surface area contributed by atoms with Crippen molar-refractivity contribution >= 4 is 16.8 Å². The van der Waals surface area contributed by atoms with Gasteiger partial charge in [-0.1, -0.05) is 54.6 Å². The van der Waals surface area contributed by atoms with Gasteiger partial charge in [0, 0.05) is 36.0 Å². The van der Waals surface area contributed by atoms with Crippen LogP contribution in [-0.2, 0) is 11.3 Å². The van der Waals surface area contributed by atoms with Gasteiger partial charge in [0.25, 0.3) is 0 Å². The van der Waals surface area contributed by atoms with Gasteiger partial charge in [0.1, 0.15) is 0 Å². The quantitative estimate of drug-likeness (QED) is 0.396. The van der Waals surface area contributed by atoms with Crippen LogP contribution in [0.3, 0.4) is 0 Å². The number of rotatable bonds is 7. The maximum Gasteiger partial charge on any atom is 0.231 e. The monoisotopic (exact) mass is 440 g/mol. The summed E-state index contributed by atoms with van der Waals surface area (Å²) >= 11 is 0. The van der Waals surface area contributed by atoms with Crippen LogP contribution in [0.5, 0.6) is 11.5 Å². The molecule has 0 fully saturated rings. The largest absolute Gasteiger partial charge is 0.454 e. The zero-order chi connectivity index (χ0) is 22.8. The van der Waals surface area contributed by atoms with Crippen molar-refractivity contribution in [1.82, 2.24) is 9.88 Å². The van der Waals surface area contributed by atoms with E-state index in [0.717, 1.165) is 34.7 Å². The zero-order valence-corrected chi connectivity index (χ0v) is 19.0. The number of para-hydroxylation sites is 1. The zero-order valence-electron chi connectivity index (χ0n) is 19.0. The summed E-state index contributed by atoms with van der Waals surface area (Å²) in [5.74, 6) is 1.38. The van der Waals surface area contributed by atoms with Crippen LogP contribution in [0, 0.1) is 0 Å². The first kappa shape index (κ1) is 21.1. The molecule has 0 spiro atoms. The summed E-state index contributed by atoms with van der Waals surface area (Å²) in [4.78, 5) is 13.3. The Bertz CT molecular complexity index is 1280. The van der Waals surface area contributed by atoms with Gasteiger partial charge in [0.15, 0.2) is 11.5 Å². The van der Waals surface area contributed by atoms with Crippen molar-refractivity contribution in [2.24, 2.45) is 0 Å². The van der Waals surface area contributed by atoms with Crippen LogP contribution in [-0.4, -0.2) is 17.3 Å². The normalized spacial score (nSPS) is 14.2. The first-order valence-corrected chi connectivity index (χ1v) is 11.5. The number of aromatic nitrogens is 1. The molecule has 0 bridgehead atoms. The molecule has 0 saturated heterocycles. The van der Waals surface area contributed by atoms with Crippen LogP contribution in [0.2, 0.25) is 0 Å². The fourth-order valence-electron chi connectivity index (χ4n) is 4.66. The first-order valence-electron chi connectivity index (χ1n) is 11.5. The molecule has 33 heavy (non-hydrogen) atoms. The second-order valence-electron chi connectivity index (χ2n) is 8.46. The van der Waals surface area contributed by atoms with Gasteiger partial charge >= 0.3 is 0 Å². The molecular formula is C28H28N2O3. The van der Waals surface area contributed by atoms with Crippen LogP contribution in [0.4, 0.5) is 0 Å². The Morgan fingerprint density at radius 2 is 1.73 bits per heavy atom. The highest BCUT2D eigenvalue weighted by Gasteiger charge is 2.25. The van der Waals surface area contributed by atoms with E-state index >= 15 is 0 Å². The fraction of sp³-hybridized carbons (Fsp3) is 0.250. The van der Waals surface area contributed by atoms with Gasteiger partial charge in [-0.3, -0.25) is 4.79 Å². The minimum absolute atomic E-state index is 0.0161. The number of ether oxygens (including phenoxy) is 2. The highest BCUT2D eigenvalue weighted by molar-refractivity contribution is 5.87. The topological polar surface area (TPSA) is 52.5 Å². The van der Waals surface area contributed by atoms with E-state index in [1.807, 2.05) is 55.5 Å².